The molecule has 0 aromatic heterocycles. The quantitative estimate of drug-likeness (QED) is 0.0490. The van der Waals surface area contributed by atoms with Gasteiger partial charge in [0.05, 0.1) is 6.61 Å². The fourth-order valence-electron chi connectivity index (χ4n) is 7.97. The molecule has 1 heterocycles. The summed E-state index contributed by atoms with van der Waals surface area (Å²) in [5.41, 5.74) is 0.355. The van der Waals surface area contributed by atoms with Crippen molar-refractivity contribution in [1.82, 2.24) is 26.6 Å². The monoisotopic (exact) mass is 964 g/mol. The zero-order chi connectivity index (χ0) is 50.8. The summed E-state index contributed by atoms with van der Waals surface area (Å²) in [6.45, 7) is 16.8. The Morgan fingerprint density at radius 3 is 1.93 bits per heavy atom. The van der Waals surface area contributed by atoms with E-state index in [1.165, 1.54) is 0 Å². The molecule has 0 radical (unpaired) electrons. The van der Waals surface area contributed by atoms with Gasteiger partial charge < -0.3 is 50.3 Å². The van der Waals surface area contributed by atoms with Crippen molar-refractivity contribution < 1.29 is 57.2 Å². The second-order valence-corrected chi connectivity index (χ2v) is 21.0. The molecule has 1 fully saturated rings. The first-order valence-electron chi connectivity index (χ1n) is 24.4. The zero-order valence-electron chi connectivity index (χ0n) is 42.2. The minimum atomic E-state index is -1.23. The van der Waals surface area contributed by atoms with Crippen LogP contribution >= 0.6 is 0 Å². The van der Waals surface area contributed by atoms with Gasteiger partial charge in [-0.15, -0.1) is 0 Å². The molecule has 17 nitrogen and oxygen atoms in total. The second-order valence-electron chi connectivity index (χ2n) is 21.0. The van der Waals surface area contributed by atoms with Gasteiger partial charge in [-0.2, -0.15) is 0 Å². The first-order chi connectivity index (χ1) is 32.4. The number of amides is 5. The Labute approximate surface area is 408 Å². The third-order valence-electron chi connectivity index (χ3n) is 11.3. The Kier molecular flexibility index (Phi) is 21.2. The van der Waals surface area contributed by atoms with Gasteiger partial charge in [-0.3, -0.25) is 14.4 Å². The van der Waals surface area contributed by atoms with Crippen LogP contribution in [-0.4, -0.2) is 96.5 Å². The molecule has 2 aromatic carbocycles. The number of unbranched alkanes of at least 4 members (excludes halogenated alkanes) is 1. The molecular weight excluding hydrogens is 887 g/mol. The average molecular weight is 964 g/mol. The molecule has 5 amide bonds. The number of hydrogen-bond acceptors (Lipinski definition) is 12. The molecule has 0 bridgehead atoms. The Bertz CT molecular complexity index is 2030. The van der Waals surface area contributed by atoms with Crippen LogP contribution in [0.5, 0.6) is 5.75 Å². The molecule has 1 aliphatic heterocycles. The summed E-state index contributed by atoms with van der Waals surface area (Å²) in [6.07, 6.45) is 4.86. The van der Waals surface area contributed by atoms with E-state index >= 15 is 0 Å². The number of esters is 3. The van der Waals surface area contributed by atoms with Crippen LogP contribution in [0.15, 0.2) is 48.5 Å². The lowest BCUT2D eigenvalue weighted by atomic mass is 9.81. The van der Waals surface area contributed by atoms with Gasteiger partial charge >= 0.3 is 30.0 Å². The summed E-state index contributed by atoms with van der Waals surface area (Å²) >= 11 is 0. The zero-order valence-corrected chi connectivity index (χ0v) is 42.2. The molecule has 2 aromatic rings. The summed E-state index contributed by atoms with van der Waals surface area (Å²) in [7, 11) is 0. The molecule has 5 N–H and O–H groups in total. The number of carbonyl (C=O) groups is 7. The van der Waals surface area contributed by atoms with Crippen LogP contribution in [0.25, 0.3) is 0 Å². The summed E-state index contributed by atoms with van der Waals surface area (Å²) in [5.74, 6) is -1.83. The number of benzene rings is 2. The normalized spacial score (nSPS) is 17.2. The molecule has 17 heteroatoms. The van der Waals surface area contributed by atoms with E-state index < -0.39 is 65.0 Å². The van der Waals surface area contributed by atoms with Gasteiger partial charge in [0.25, 0.3) is 0 Å². The molecule has 69 heavy (non-hydrogen) atoms. The molecule has 1 aliphatic carbocycles. The molecule has 4 rings (SSSR count). The maximum Gasteiger partial charge on any atom is 0.407 e. The smallest absolute Gasteiger partial charge is 0.407 e. The largest absolute Gasteiger partial charge is 0.493 e. The van der Waals surface area contributed by atoms with Crippen LogP contribution in [-0.2, 0) is 62.4 Å². The van der Waals surface area contributed by atoms with Gasteiger partial charge in [-0.25, -0.2) is 19.2 Å². The molecule has 0 unspecified atom stereocenters. The van der Waals surface area contributed by atoms with Gasteiger partial charge in [0.2, 0.25) is 11.8 Å². The maximum absolute atomic E-state index is 13.9. The third-order valence-corrected chi connectivity index (χ3v) is 11.3. The van der Waals surface area contributed by atoms with E-state index in [4.69, 9.17) is 23.7 Å². The Balaban J connectivity index is 1.34. The number of urea groups is 1. The van der Waals surface area contributed by atoms with Crippen molar-refractivity contribution >= 4 is 41.8 Å². The van der Waals surface area contributed by atoms with Crippen LogP contribution < -0.4 is 31.3 Å². The van der Waals surface area contributed by atoms with E-state index in [1.54, 1.807) is 62.3 Å². The SMILES string of the molecule is CC(C)(C)OC(=O)CC[C@H](NC(=O)N[C@@H](CCCCNC(=O)[C@@H](Cc1ccc2c(c1)CCCO2)NC(=O)C1CCC(CNC(=O)OCc2ccccc2)CC1)C(=O)OC(C)(C)C)C(=O)OC(C)(C)C. The van der Waals surface area contributed by atoms with Crippen LogP contribution in [0.3, 0.4) is 0 Å². The molecule has 3 atom stereocenters. The van der Waals surface area contributed by atoms with Gasteiger partial charge in [-0.1, -0.05) is 42.5 Å². The minimum absolute atomic E-state index is 0.106. The third kappa shape index (κ3) is 21.5. The van der Waals surface area contributed by atoms with Crippen molar-refractivity contribution in [2.45, 2.75) is 181 Å². The summed E-state index contributed by atoms with van der Waals surface area (Å²) < 4.78 is 27.7. The van der Waals surface area contributed by atoms with E-state index in [1.807, 2.05) is 48.5 Å². The number of ether oxygens (including phenoxy) is 5. The Morgan fingerprint density at radius 1 is 0.681 bits per heavy atom. The predicted octanol–water partition coefficient (Wildman–Crippen LogP) is 6.90. The number of alkyl carbamates (subject to hydrolysis) is 1. The first kappa shape index (κ1) is 55.7. The van der Waals surface area contributed by atoms with Crippen molar-refractivity contribution in [2.75, 3.05) is 19.7 Å². The number of fused-ring (bicyclic) bond motifs is 1. The number of aryl methyl sites for hydroxylation is 1. The number of hydrogen-bond donors (Lipinski definition) is 5. The summed E-state index contributed by atoms with van der Waals surface area (Å²) in [5, 5.41) is 14.1. The van der Waals surface area contributed by atoms with Crippen molar-refractivity contribution in [2.24, 2.45) is 11.8 Å². The Morgan fingerprint density at radius 2 is 1.30 bits per heavy atom. The lowest BCUT2D eigenvalue weighted by molar-refractivity contribution is -0.159. The minimum Gasteiger partial charge on any atom is -0.493 e. The fraction of sp³-hybridized carbons (Fsp3) is 0.635. The van der Waals surface area contributed by atoms with Crippen LogP contribution in [0.4, 0.5) is 9.59 Å². The summed E-state index contributed by atoms with van der Waals surface area (Å²) in [6, 6.07) is 11.2. The molecule has 0 saturated heterocycles. The maximum atomic E-state index is 13.9. The van der Waals surface area contributed by atoms with Gasteiger partial charge in [-0.05, 0) is 155 Å². The standard InChI is InChI=1S/C52H77N5O12/c1-50(2,3)67-43(58)27-25-40(47(62)69-52(7,8)9)57-48(63)56-39(46(61)68-51(4,5)6)19-13-14-28-53-45(60)41(31-36-22-26-42-38(30-36)18-15-29-65-42)55-44(59)37-23-20-34(21-24-37)32-54-49(64)66-33-35-16-11-10-12-17-35/h10-12,16-17,22,26,30,34,37,39-41H,13-15,18-21,23-25,27-29,31-33H2,1-9H3,(H,53,60)(H,54,64)(H,55,59)(H2,56,57,63)/t34?,37?,39-,40-,41+/m0/s1. The van der Waals surface area contributed by atoms with E-state index in [-0.39, 0.29) is 62.5 Å². The molecule has 2 aliphatic rings. The highest BCUT2D eigenvalue weighted by molar-refractivity contribution is 5.89. The lowest BCUT2D eigenvalue weighted by Gasteiger charge is -2.29. The molecule has 382 valence electrons. The van der Waals surface area contributed by atoms with Crippen molar-refractivity contribution in [3.8, 4) is 5.75 Å². The van der Waals surface area contributed by atoms with Crippen LogP contribution in [0.1, 0.15) is 143 Å². The molecule has 1 saturated carbocycles. The average Bonchev–Trinajstić information content (AvgIpc) is 3.26. The van der Waals surface area contributed by atoms with Gasteiger partial charge in [0.1, 0.15) is 47.3 Å². The summed E-state index contributed by atoms with van der Waals surface area (Å²) in [4.78, 5) is 92.5. The predicted molar refractivity (Wildman–Crippen MR) is 259 cm³/mol. The topological polar surface area (TPSA) is 226 Å². The second kappa shape index (κ2) is 26.2. The lowest BCUT2D eigenvalue weighted by Crippen LogP contribution is -2.53. The highest BCUT2D eigenvalue weighted by Gasteiger charge is 2.33. The van der Waals surface area contributed by atoms with Gasteiger partial charge in [0.15, 0.2) is 0 Å². The fourth-order valence-corrected chi connectivity index (χ4v) is 7.97. The molecular formula is C52H77N5O12. The van der Waals surface area contributed by atoms with Crippen molar-refractivity contribution in [3.05, 3.63) is 65.2 Å². The highest BCUT2D eigenvalue weighted by atomic mass is 16.6. The van der Waals surface area contributed by atoms with E-state index in [0.717, 1.165) is 48.1 Å². The van der Waals surface area contributed by atoms with Crippen LogP contribution in [0, 0.1) is 11.8 Å². The van der Waals surface area contributed by atoms with E-state index in [9.17, 15) is 33.6 Å². The van der Waals surface area contributed by atoms with Crippen molar-refractivity contribution in [3.63, 3.8) is 0 Å². The van der Waals surface area contributed by atoms with E-state index in [2.05, 4.69) is 26.6 Å². The first-order valence-corrected chi connectivity index (χ1v) is 24.4. The van der Waals surface area contributed by atoms with Crippen molar-refractivity contribution in [1.29, 1.82) is 0 Å². The Hall–Kier alpha value is -5.87. The number of carbonyl (C=O) groups excluding carboxylic acids is 7. The number of rotatable bonds is 21. The van der Waals surface area contributed by atoms with Gasteiger partial charge in [0, 0.05) is 31.8 Å². The molecule has 0 spiro atoms. The number of nitrogens with one attached hydrogen (secondary N) is 5. The highest BCUT2D eigenvalue weighted by Crippen LogP contribution is 2.30. The van der Waals surface area contributed by atoms with Crippen LogP contribution in [0.2, 0.25) is 0 Å². The van der Waals surface area contributed by atoms with E-state index in [0.29, 0.717) is 38.8 Å².